The molecule has 29 heavy (non-hydrogen) atoms. The Bertz CT molecular complexity index is 1060. The molecule has 2 N–H and O–H groups in total. The van der Waals surface area contributed by atoms with Crippen LogP contribution in [-0.4, -0.2) is 28.2 Å². The summed E-state index contributed by atoms with van der Waals surface area (Å²) in [6.07, 6.45) is 4.15. The van der Waals surface area contributed by atoms with Crippen LogP contribution in [0.2, 0.25) is 0 Å². The lowest BCUT2D eigenvalue weighted by Crippen LogP contribution is -2.29. The number of H-pyrrole nitrogens is 1. The van der Waals surface area contributed by atoms with Crippen molar-refractivity contribution in [3.8, 4) is 0 Å². The Morgan fingerprint density at radius 2 is 2.14 bits per heavy atom. The van der Waals surface area contributed by atoms with Crippen molar-refractivity contribution in [2.24, 2.45) is 0 Å². The Labute approximate surface area is 178 Å². The van der Waals surface area contributed by atoms with Crippen LogP contribution in [0, 0.1) is 0 Å². The van der Waals surface area contributed by atoms with Crippen LogP contribution in [0.25, 0.3) is 10.2 Å². The molecule has 2 heterocycles. The molecule has 2 aromatic heterocycles. The predicted molar refractivity (Wildman–Crippen MR) is 121 cm³/mol. The second-order valence-corrected chi connectivity index (χ2v) is 9.43. The molecule has 0 spiro atoms. The molecule has 3 aromatic rings. The first kappa shape index (κ1) is 20.2. The van der Waals surface area contributed by atoms with Gasteiger partial charge in [-0.2, -0.15) is 0 Å². The fourth-order valence-corrected chi connectivity index (χ4v) is 5.87. The number of thiophene rings is 1. The van der Waals surface area contributed by atoms with Crippen molar-refractivity contribution < 1.29 is 4.79 Å². The Morgan fingerprint density at radius 3 is 2.93 bits per heavy atom. The number of aromatic amines is 1. The molecule has 1 amide bonds. The number of aryl methyl sites for hydroxylation is 2. The summed E-state index contributed by atoms with van der Waals surface area (Å²) in [6, 6.07) is 10.3. The van der Waals surface area contributed by atoms with Gasteiger partial charge < -0.3 is 10.3 Å². The van der Waals surface area contributed by atoms with Gasteiger partial charge in [0, 0.05) is 17.3 Å². The molecule has 1 atom stereocenters. The Morgan fingerprint density at radius 1 is 1.31 bits per heavy atom. The molecule has 4 rings (SSSR count). The number of hydrogen-bond acceptors (Lipinski definition) is 5. The van der Waals surface area contributed by atoms with Crippen LogP contribution in [0.5, 0.6) is 0 Å². The van der Waals surface area contributed by atoms with E-state index in [4.69, 9.17) is 0 Å². The Kier molecular flexibility index (Phi) is 6.35. The number of fused-ring (bicyclic) bond motifs is 3. The Hall–Kier alpha value is -2.12. The number of nitrogens with one attached hydrogen (secondary N) is 2. The summed E-state index contributed by atoms with van der Waals surface area (Å²) in [5.74, 6) is 1.87. The third-order valence-electron chi connectivity index (χ3n) is 5.41. The number of carbonyl (C=O) groups excluding carboxylic acids is 1. The van der Waals surface area contributed by atoms with E-state index in [9.17, 15) is 9.59 Å². The maximum Gasteiger partial charge on any atom is 0.259 e. The van der Waals surface area contributed by atoms with Crippen LogP contribution in [0.15, 0.2) is 35.1 Å². The quantitative estimate of drug-likeness (QED) is 0.569. The average molecular weight is 428 g/mol. The number of benzene rings is 1. The van der Waals surface area contributed by atoms with E-state index in [0.29, 0.717) is 29.8 Å². The lowest BCUT2D eigenvalue weighted by atomic mass is 9.96. The number of nitrogens with zero attached hydrogens (tertiary/aromatic N) is 1. The van der Waals surface area contributed by atoms with E-state index in [1.807, 2.05) is 18.2 Å². The number of amides is 1. The first-order valence-corrected chi connectivity index (χ1v) is 12.1. The largest absolute Gasteiger partial charge is 0.355 e. The van der Waals surface area contributed by atoms with E-state index in [0.717, 1.165) is 35.9 Å². The molecular weight excluding hydrogens is 402 g/mol. The van der Waals surface area contributed by atoms with Crippen LogP contribution < -0.4 is 10.9 Å². The molecule has 152 valence electrons. The van der Waals surface area contributed by atoms with Gasteiger partial charge in [-0.15, -0.1) is 23.1 Å². The summed E-state index contributed by atoms with van der Waals surface area (Å²) in [5.41, 5.74) is 2.41. The molecule has 5 nitrogen and oxygen atoms in total. The molecule has 1 unspecified atom stereocenters. The van der Waals surface area contributed by atoms with E-state index < -0.39 is 0 Å². The first-order valence-electron chi connectivity index (χ1n) is 10.1. The van der Waals surface area contributed by atoms with Crippen LogP contribution >= 0.6 is 23.1 Å². The second kappa shape index (κ2) is 9.13. The molecule has 0 bridgehead atoms. The fraction of sp³-hybridized carbons (Fsp3) is 0.409. The number of aromatic nitrogens is 2. The predicted octanol–water partition coefficient (Wildman–Crippen LogP) is 4.02. The minimum Gasteiger partial charge on any atom is -0.355 e. The van der Waals surface area contributed by atoms with Gasteiger partial charge in [-0.25, -0.2) is 4.98 Å². The number of carbonyl (C=O) groups is 1. The number of hydrogen-bond donors (Lipinski definition) is 2. The maximum atomic E-state index is 12.5. The van der Waals surface area contributed by atoms with E-state index in [2.05, 4.69) is 34.3 Å². The summed E-state index contributed by atoms with van der Waals surface area (Å²) < 4.78 is 0. The van der Waals surface area contributed by atoms with Crippen molar-refractivity contribution >= 4 is 39.2 Å². The summed E-state index contributed by atoms with van der Waals surface area (Å²) in [7, 11) is 0. The first-order chi connectivity index (χ1) is 14.2. The van der Waals surface area contributed by atoms with E-state index in [1.165, 1.54) is 27.8 Å². The Balaban J connectivity index is 1.30. The van der Waals surface area contributed by atoms with Gasteiger partial charge in [-0.1, -0.05) is 37.3 Å². The molecule has 0 fully saturated rings. The molecule has 0 aliphatic heterocycles. The van der Waals surface area contributed by atoms with Gasteiger partial charge in [0.2, 0.25) is 5.91 Å². The minimum absolute atomic E-state index is 0.0166. The highest BCUT2D eigenvalue weighted by molar-refractivity contribution is 7.99. The normalized spacial score (nSPS) is 14.1. The van der Waals surface area contributed by atoms with E-state index in [1.54, 1.807) is 11.3 Å². The standard InChI is InChI=1S/C22H25N3O2S2/c1-2-14(15-7-4-3-5-8-15)11-23-19(26)13-28-12-18-24-21(27)20-16-9-6-10-17(16)29-22(20)25-18/h3-5,7-8,14H,2,6,9-13H2,1H3,(H,23,26)(H,24,25,27). The fourth-order valence-electron chi connectivity index (χ4n) is 3.87. The lowest BCUT2D eigenvalue weighted by molar-refractivity contribution is -0.118. The monoisotopic (exact) mass is 427 g/mol. The van der Waals surface area contributed by atoms with Crippen molar-refractivity contribution in [2.75, 3.05) is 12.3 Å². The van der Waals surface area contributed by atoms with Crippen LogP contribution in [-0.2, 0) is 23.4 Å². The van der Waals surface area contributed by atoms with Crippen molar-refractivity contribution in [1.29, 1.82) is 0 Å². The molecule has 0 saturated heterocycles. The molecule has 1 aliphatic rings. The van der Waals surface area contributed by atoms with E-state index in [-0.39, 0.29) is 11.5 Å². The van der Waals surface area contributed by atoms with Crippen molar-refractivity contribution in [3.63, 3.8) is 0 Å². The zero-order valence-corrected chi connectivity index (χ0v) is 18.1. The maximum absolute atomic E-state index is 12.5. The highest BCUT2D eigenvalue weighted by atomic mass is 32.2. The third kappa shape index (κ3) is 4.56. The summed E-state index contributed by atoms with van der Waals surface area (Å²) >= 11 is 3.12. The summed E-state index contributed by atoms with van der Waals surface area (Å²) in [6.45, 7) is 2.78. The molecule has 1 aliphatic carbocycles. The average Bonchev–Trinajstić information content (AvgIpc) is 3.30. The molecule has 7 heteroatoms. The highest BCUT2D eigenvalue weighted by Crippen LogP contribution is 2.34. The van der Waals surface area contributed by atoms with Crippen molar-refractivity contribution in [1.82, 2.24) is 15.3 Å². The van der Waals surface area contributed by atoms with Gasteiger partial charge in [0.25, 0.3) is 5.56 Å². The van der Waals surface area contributed by atoms with Gasteiger partial charge in [-0.3, -0.25) is 9.59 Å². The molecule has 0 radical (unpaired) electrons. The van der Waals surface area contributed by atoms with Crippen LogP contribution in [0.3, 0.4) is 0 Å². The van der Waals surface area contributed by atoms with Gasteiger partial charge in [-0.05, 0) is 36.8 Å². The smallest absolute Gasteiger partial charge is 0.259 e. The molecule has 0 saturated carbocycles. The molecular formula is C22H25N3O2S2. The van der Waals surface area contributed by atoms with Gasteiger partial charge >= 0.3 is 0 Å². The molecule has 1 aromatic carbocycles. The van der Waals surface area contributed by atoms with Crippen molar-refractivity contribution in [3.05, 3.63) is 62.5 Å². The second-order valence-electron chi connectivity index (χ2n) is 7.36. The number of rotatable bonds is 8. The van der Waals surface area contributed by atoms with Crippen LogP contribution in [0.1, 0.15) is 47.5 Å². The lowest BCUT2D eigenvalue weighted by Gasteiger charge is -2.16. The van der Waals surface area contributed by atoms with Gasteiger partial charge in [0.15, 0.2) is 0 Å². The van der Waals surface area contributed by atoms with Crippen molar-refractivity contribution in [2.45, 2.75) is 44.3 Å². The minimum atomic E-state index is -0.0388. The van der Waals surface area contributed by atoms with Gasteiger partial charge in [0.05, 0.1) is 16.9 Å². The SMILES string of the molecule is CCC(CNC(=O)CSCc1nc2sc3c(c2c(=O)[nH]1)CCC3)c1ccccc1. The zero-order valence-electron chi connectivity index (χ0n) is 16.5. The summed E-state index contributed by atoms with van der Waals surface area (Å²) in [5, 5.41) is 3.81. The topological polar surface area (TPSA) is 74.8 Å². The summed E-state index contributed by atoms with van der Waals surface area (Å²) in [4.78, 5) is 34.4. The zero-order chi connectivity index (χ0) is 20.2. The number of thioether (sulfide) groups is 1. The van der Waals surface area contributed by atoms with Gasteiger partial charge in [0.1, 0.15) is 10.7 Å². The van der Waals surface area contributed by atoms with E-state index >= 15 is 0 Å². The van der Waals surface area contributed by atoms with Crippen LogP contribution in [0.4, 0.5) is 0 Å². The third-order valence-corrected chi connectivity index (χ3v) is 7.54. The highest BCUT2D eigenvalue weighted by Gasteiger charge is 2.21.